The molecule has 5 nitrogen and oxygen atoms in total. The quantitative estimate of drug-likeness (QED) is 0.706. The summed E-state index contributed by atoms with van der Waals surface area (Å²) in [6.45, 7) is 6.46. The summed E-state index contributed by atoms with van der Waals surface area (Å²) < 4.78 is 5.44. The standard InChI is InChI=1S/C14H25NO4/c1-4-19-11-7-10(8-11)9-12(16)15-6-5-14(2,3)13(17)18/h10-11H,4-9H2,1-3H3,(H,15,16)(H,17,18). The van der Waals surface area contributed by atoms with Gasteiger partial charge in [-0.25, -0.2) is 0 Å². The summed E-state index contributed by atoms with van der Waals surface area (Å²) in [5, 5.41) is 11.7. The van der Waals surface area contributed by atoms with Crippen LogP contribution in [0.2, 0.25) is 0 Å². The highest BCUT2D eigenvalue weighted by molar-refractivity contribution is 5.76. The van der Waals surface area contributed by atoms with Gasteiger partial charge in [0.2, 0.25) is 5.91 Å². The van der Waals surface area contributed by atoms with Gasteiger partial charge in [-0.3, -0.25) is 9.59 Å². The number of hydrogen-bond donors (Lipinski definition) is 2. The highest BCUT2D eigenvalue weighted by Crippen LogP contribution is 2.32. The molecular formula is C14H25NO4. The fourth-order valence-electron chi connectivity index (χ4n) is 2.17. The summed E-state index contributed by atoms with van der Waals surface area (Å²) >= 11 is 0. The molecule has 2 N–H and O–H groups in total. The topological polar surface area (TPSA) is 75.6 Å². The highest BCUT2D eigenvalue weighted by Gasteiger charge is 2.31. The zero-order valence-corrected chi connectivity index (χ0v) is 12.1. The number of amides is 1. The van der Waals surface area contributed by atoms with Gasteiger partial charge in [-0.2, -0.15) is 0 Å². The second-order valence-corrected chi connectivity index (χ2v) is 5.91. The Morgan fingerprint density at radius 3 is 2.53 bits per heavy atom. The van der Waals surface area contributed by atoms with Crippen LogP contribution in [-0.4, -0.2) is 36.2 Å². The molecule has 0 spiro atoms. The molecule has 0 heterocycles. The van der Waals surface area contributed by atoms with Crippen LogP contribution < -0.4 is 5.32 Å². The van der Waals surface area contributed by atoms with E-state index in [-0.39, 0.29) is 5.91 Å². The molecule has 1 aliphatic rings. The normalized spacial score (nSPS) is 22.7. The van der Waals surface area contributed by atoms with Crippen LogP contribution in [0.5, 0.6) is 0 Å². The fourth-order valence-corrected chi connectivity index (χ4v) is 2.17. The molecule has 0 saturated heterocycles. The molecule has 5 heteroatoms. The number of hydrogen-bond acceptors (Lipinski definition) is 3. The number of carbonyl (C=O) groups excluding carboxylic acids is 1. The number of ether oxygens (including phenoxy) is 1. The first-order chi connectivity index (χ1) is 8.85. The van der Waals surface area contributed by atoms with E-state index in [2.05, 4.69) is 5.32 Å². The molecular weight excluding hydrogens is 246 g/mol. The summed E-state index contributed by atoms with van der Waals surface area (Å²) in [4.78, 5) is 22.6. The second-order valence-electron chi connectivity index (χ2n) is 5.91. The van der Waals surface area contributed by atoms with Crippen molar-refractivity contribution in [2.75, 3.05) is 13.2 Å². The lowest BCUT2D eigenvalue weighted by Gasteiger charge is -2.34. The van der Waals surface area contributed by atoms with Gasteiger partial charge in [-0.05, 0) is 46.0 Å². The molecule has 0 aromatic heterocycles. The smallest absolute Gasteiger partial charge is 0.309 e. The lowest BCUT2D eigenvalue weighted by Crippen LogP contribution is -2.37. The Morgan fingerprint density at radius 1 is 1.37 bits per heavy atom. The fraction of sp³-hybridized carbons (Fsp3) is 0.857. The van der Waals surface area contributed by atoms with Gasteiger partial charge in [0, 0.05) is 19.6 Å². The van der Waals surface area contributed by atoms with Gasteiger partial charge in [0.25, 0.3) is 0 Å². The van der Waals surface area contributed by atoms with Crippen LogP contribution in [0.25, 0.3) is 0 Å². The van der Waals surface area contributed by atoms with Crippen molar-refractivity contribution in [1.29, 1.82) is 0 Å². The highest BCUT2D eigenvalue weighted by atomic mass is 16.5. The van der Waals surface area contributed by atoms with Crippen molar-refractivity contribution in [3.8, 4) is 0 Å². The first-order valence-electron chi connectivity index (χ1n) is 6.97. The molecule has 0 aliphatic heterocycles. The maximum atomic E-state index is 11.7. The van der Waals surface area contributed by atoms with E-state index in [4.69, 9.17) is 9.84 Å². The number of aliphatic carboxylic acids is 1. The van der Waals surface area contributed by atoms with Crippen LogP contribution in [0.4, 0.5) is 0 Å². The van der Waals surface area contributed by atoms with Crippen molar-refractivity contribution in [3.05, 3.63) is 0 Å². The zero-order chi connectivity index (χ0) is 14.5. The molecule has 1 amide bonds. The Labute approximate surface area is 114 Å². The molecule has 1 rings (SSSR count). The van der Waals surface area contributed by atoms with E-state index in [0.29, 0.717) is 31.4 Å². The average molecular weight is 271 g/mol. The number of rotatable bonds is 8. The van der Waals surface area contributed by atoms with Crippen LogP contribution in [0, 0.1) is 11.3 Å². The molecule has 1 aliphatic carbocycles. The molecule has 1 fully saturated rings. The predicted molar refractivity (Wildman–Crippen MR) is 71.8 cm³/mol. The third kappa shape index (κ3) is 5.19. The van der Waals surface area contributed by atoms with E-state index in [9.17, 15) is 9.59 Å². The molecule has 110 valence electrons. The summed E-state index contributed by atoms with van der Waals surface area (Å²) in [7, 11) is 0. The minimum atomic E-state index is -0.833. The number of carbonyl (C=O) groups is 2. The Balaban J connectivity index is 2.11. The minimum Gasteiger partial charge on any atom is -0.481 e. The Hall–Kier alpha value is -1.10. The van der Waals surface area contributed by atoms with Crippen molar-refractivity contribution in [2.24, 2.45) is 11.3 Å². The summed E-state index contributed by atoms with van der Waals surface area (Å²) in [6, 6.07) is 0. The SMILES string of the molecule is CCOC1CC(CC(=O)NCCC(C)(C)C(=O)O)C1. The molecule has 0 atom stereocenters. The van der Waals surface area contributed by atoms with E-state index in [0.717, 1.165) is 19.4 Å². The first kappa shape index (κ1) is 16.0. The van der Waals surface area contributed by atoms with E-state index in [1.54, 1.807) is 13.8 Å². The molecule has 0 aromatic carbocycles. The lowest BCUT2D eigenvalue weighted by atomic mass is 9.80. The van der Waals surface area contributed by atoms with Crippen molar-refractivity contribution in [1.82, 2.24) is 5.32 Å². The van der Waals surface area contributed by atoms with Gasteiger partial charge < -0.3 is 15.2 Å². The Bertz CT molecular complexity index is 321. The van der Waals surface area contributed by atoms with Gasteiger partial charge in [0.15, 0.2) is 0 Å². The van der Waals surface area contributed by atoms with Crippen molar-refractivity contribution >= 4 is 11.9 Å². The molecule has 0 radical (unpaired) electrons. The van der Waals surface area contributed by atoms with Crippen LogP contribution in [0.3, 0.4) is 0 Å². The largest absolute Gasteiger partial charge is 0.481 e. The number of carboxylic acid groups (broad SMARTS) is 1. The van der Waals surface area contributed by atoms with E-state index >= 15 is 0 Å². The summed E-state index contributed by atoms with van der Waals surface area (Å²) in [5.74, 6) is -0.398. The maximum Gasteiger partial charge on any atom is 0.309 e. The molecule has 1 saturated carbocycles. The van der Waals surface area contributed by atoms with Crippen molar-refractivity contribution < 1.29 is 19.4 Å². The maximum absolute atomic E-state index is 11.7. The van der Waals surface area contributed by atoms with Crippen LogP contribution in [0.1, 0.15) is 46.5 Å². The van der Waals surface area contributed by atoms with Gasteiger partial charge in [-0.1, -0.05) is 0 Å². The molecule has 0 aromatic rings. The van der Waals surface area contributed by atoms with Crippen LogP contribution in [-0.2, 0) is 14.3 Å². The third-order valence-corrected chi connectivity index (χ3v) is 3.72. The van der Waals surface area contributed by atoms with Gasteiger partial charge in [0.1, 0.15) is 0 Å². The minimum absolute atomic E-state index is 0.0149. The van der Waals surface area contributed by atoms with Gasteiger partial charge in [-0.15, -0.1) is 0 Å². The Kier molecular flexibility index (Phi) is 5.79. The summed E-state index contributed by atoms with van der Waals surface area (Å²) in [6.07, 6.45) is 3.22. The average Bonchev–Trinajstić information content (AvgIpc) is 2.25. The molecule has 19 heavy (non-hydrogen) atoms. The van der Waals surface area contributed by atoms with E-state index in [1.165, 1.54) is 0 Å². The van der Waals surface area contributed by atoms with E-state index in [1.807, 2.05) is 6.92 Å². The second kappa shape index (κ2) is 6.89. The summed E-state index contributed by atoms with van der Waals surface area (Å²) in [5.41, 5.74) is -0.788. The first-order valence-corrected chi connectivity index (χ1v) is 6.97. The Morgan fingerprint density at radius 2 is 2.00 bits per heavy atom. The number of carboxylic acids is 1. The van der Waals surface area contributed by atoms with Gasteiger partial charge in [0.05, 0.1) is 11.5 Å². The monoisotopic (exact) mass is 271 g/mol. The lowest BCUT2D eigenvalue weighted by molar-refractivity contribution is -0.147. The van der Waals surface area contributed by atoms with Crippen molar-refractivity contribution in [3.63, 3.8) is 0 Å². The predicted octanol–water partition coefficient (Wildman–Crippen LogP) is 1.81. The zero-order valence-electron chi connectivity index (χ0n) is 12.1. The number of nitrogens with one attached hydrogen (secondary N) is 1. The van der Waals surface area contributed by atoms with E-state index < -0.39 is 11.4 Å². The molecule has 0 bridgehead atoms. The van der Waals surface area contributed by atoms with Crippen LogP contribution in [0.15, 0.2) is 0 Å². The van der Waals surface area contributed by atoms with Crippen molar-refractivity contribution in [2.45, 2.75) is 52.6 Å². The molecule has 0 unspecified atom stereocenters. The van der Waals surface area contributed by atoms with Crippen LogP contribution >= 0.6 is 0 Å². The van der Waals surface area contributed by atoms with Gasteiger partial charge >= 0.3 is 5.97 Å². The third-order valence-electron chi connectivity index (χ3n) is 3.72.